The standard InChI is InChI=1S/C22H19Cl2N3O4S/c23-18-10-9-17(21(24)12-18)14-27(32(30,31)20-7-2-1-3-8-20)15-22(29)26-25-13-16-5-4-6-19(28)11-16/h1-13,28H,14-15H2,(H,26,29)/b25-13+. The van der Waals surface area contributed by atoms with Gasteiger partial charge < -0.3 is 5.11 Å². The first-order valence-corrected chi connectivity index (χ1v) is 11.6. The van der Waals surface area contributed by atoms with Gasteiger partial charge in [-0.1, -0.05) is 59.6 Å². The third kappa shape index (κ3) is 6.30. The molecule has 0 fully saturated rings. The lowest BCUT2D eigenvalue weighted by molar-refractivity contribution is -0.121. The van der Waals surface area contributed by atoms with Gasteiger partial charge in [0.25, 0.3) is 5.91 Å². The molecule has 0 aliphatic heterocycles. The van der Waals surface area contributed by atoms with Crippen LogP contribution in [0.2, 0.25) is 10.0 Å². The Balaban J connectivity index is 1.81. The van der Waals surface area contributed by atoms with E-state index in [4.69, 9.17) is 23.2 Å². The molecule has 0 bridgehead atoms. The average Bonchev–Trinajstić information content (AvgIpc) is 2.75. The molecule has 0 unspecified atom stereocenters. The van der Waals surface area contributed by atoms with Gasteiger partial charge in [-0.15, -0.1) is 0 Å². The summed E-state index contributed by atoms with van der Waals surface area (Å²) in [6.07, 6.45) is 1.34. The van der Waals surface area contributed by atoms with Gasteiger partial charge in [-0.25, -0.2) is 13.8 Å². The van der Waals surface area contributed by atoms with Gasteiger partial charge in [0, 0.05) is 16.6 Å². The molecule has 0 radical (unpaired) electrons. The van der Waals surface area contributed by atoms with Gasteiger partial charge in [0.1, 0.15) is 5.75 Å². The number of sulfonamides is 1. The van der Waals surface area contributed by atoms with E-state index >= 15 is 0 Å². The number of carbonyl (C=O) groups excluding carboxylic acids is 1. The van der Waals surface area contributed by atoms with Crippen LogP contribution in [0.3, 0.4) is 0 Å². The number of amides is 1. The zero-order valence-electron chi connectivity index (χ0n) is 16.7. The number of hydrazone groups is 1. The van der Waals surface area contributed by atoms with Crippen LogP contribution in [-0.2, 0) is 21.4 Å². The number of aromatic hydroxyl groups is 1. The molecule has 0 aliphatic carbocycles. The molecule has 7 nitrogen and oxygen atoms in total. The molecule has 0 atom stereocenters. The van der Waals surface area contributed by atoms with Crippen molar-refractivity contribution in [1.29, 1.82) is 0 Å². The Morgan fingerprint density at radius 2 is 1.78 bits per heavy atom. The van der Waals surface area contributed by atoms with Crippen molar-refractivity contribution in [2.75, 3.05) is 6.54 Å². The summed E-state index contributed by atoms with van der Waals surface area (Å²) in [5.74, 6) is -0.591. The Kier molecular flexibility index (Phi) is 7.87. The highest BCUT2D eigenvalue weighted by Gasteiger charge is 2.27. The van der Waals surface area contributed by atoms with Crippen LogP contribution in [0.5, 0.6) is 5.75 Å². The average molecular weight is 492 g/mol. The molecule has 0 spiro atoms. The van der Waals surface area contributed by atoms with Crippen molar-refractivity contribution in [3.63, 3.8) is 0 Å². The summed E-state index contributed by atoms with van der Waals surface area (Å²) >= 11 is 12.1. The minimum absolute atomic E-state index is 0.0427. The first-order chi connectivity index (χ1) is 15.3. The number of nitrogens with zero attached hydrogens (tertiary/aromatic N) is 2. The fraction of sp³-hybridized carbons (Fsp3) is 0.0909. The Morgan fingerprint density at radius 1 is 1.03 bits per heavy atom. The van der Waals surface area contributed by atoms with E-state index in [1.807, 2.05) is 0 Å². The topological polar surface area (TPSA) is 99.1 Å². The van der Waals surface area contributed by atoms with E-state index in [2.05, 4.69) is 10.5 Å². The van der Waals surface area contributed by atoms with Crippen LogP contribution >= 0.6 is 23.2 Å². The predicted octanol–water partition coefficient (Wildman–Crippen LogP) is 4.04. The minimum Gasteiger partial charge on any atom is -0.508 e. The number of nitrogens with one attached hydrogen (secondary N) is 1. The number of carbonyl (C=O) groups is 1. The van der Waals surface area contributed by atoms with Crippen molar-refractivity contribution in [2.24, 2.45) is 5.10 Å². The Morgan fingerprint density at radius 3 is 2.47 bits per heavy atom. The van der Waals surface area contributed by atoms with E-state index in [1.165, 1.54) is 36.5 Å². The Hall–Kier alpha value is -2.91. The predicted molar refractivity (Wildman–Crippen MR) is 124 cm³/mol. The van der Waals surface area contributed by atoms with Crippen LogP contribution in [-0.4, -0.2) is 36.5 Å². The second-order valence-corrected chi connectivity index (χ2v) is 9.49. The first kappa shape index (κ1) is 23.7. The summed E-state index contributed by atoms with van der Waals surface area (Å²) in [4.78, 5) is 12.5. The molecular formula is C22H19Cl2N3O4S. The van der Waals surface area contributed by atoms with Crippen LogP contribution < -0.4 is 5.43 Å². The zero-order valence-corrected chi connectivity index (χ0v) is 19.0. The Labute approximate surface area is 196 Å². The third-order valence-corrected chi connectivity index (χ3v) is 6.73. The molecule has 0 aliphatic rings. The molecule has 166 valence electrons. The van der Waals surface area contributed by atoms with E-state index in [1.54, 1.807) is 42.5 Å². The largest absolute Gasteiger partial charge is 0.508 e. The molecule has 2 N–H and O–H groups in total. The van der Waals surface area contributed by atoms with Crippen molar-refractivity contribution < 1.29 is 18.3 Å². The molecule has 3 rings (SSSR count). The summed E-state index contributed by atoms with van der Waals surface area (Å²) in [5.41, 5.74) is 3.36. The van der Waals surface area contributed by atoms with Gasteiger partial charge in [0.2, 0.25) is 10.0 Å². The summed E-state index contributed by atoms with van der Waals surface area (Å²) in [7, 11) is -4.01. The number of phenolic OH excluding ortho intramolecular Hbond substituents is 1. The lowest BCUT2D eigenvalue weighted by Gasteiger charge is -2.22. The van der Waals surface area contributed by atoms with Crippen LogP contribution in [0, 0.1) is 0 Å². The second kappa shape index (κ2) is 10.6. The maximum absolute atomic E-state index is 13.2. The minimum atomic E-state index is -4.01. The van der Waals surface area contributed by atoms with Crippen molar-refractivity contribution in [3.8, 4) is 5.75 Å². The number of hydrogen-bond acceptors (Lipinski definition) is 5. The fourth-order valence-electron chi connectivity index (χ4n) is 2.79. The van der Waals surface area contributed by atoms with Crippen LogP contribution in [0.4, 0.5) is 0 Å². The third-order valence-electron chi connectivity index (χ3n) is 4.34. The summed E-state index contributed by atoms with van der Waals surface area (Å²) < 4.78 is 27.4. The molecule has 0 saturated heterocycles. The number of halogens is 2. The van der Waals surface area contributed by atoms with Gasteiger partial charge in [0.15, 0.2) is 0 Å². The summed E-state index contributed by atoms with van der Waals surface area (Å²) in [5, 5.41) is 14.0. The van der Waals surface area contributed by atoms with Gasteiger partial charge in [-0.3, -0.25) is 4.79 Å². The molecule has 0 aromatic heterocycles. The second-order valence-electron chi connectivity index (χ2n) is 6.71. The molecular weight excluding hydrogens is 473 g/mol. The van der Waals surface area contributed by atoms with Crippen molar-refractivity contribution in [1.82, 2.24) is 9.73 Å². The monoisotopic (exact) mass is 491 g/mol. The van der Waals surface area contributed by atoms with Gasteiger partial charge in [-0.2, -0.15) is 9.41 Å². The van der Waals surface area contributed by atoms with Crippen molar-refractivity contribution in [2.45, 2.75) is 11.4 Å². The lowest BCUT2D eigenvalue weighted by atomic mass is 10.2. The van der Waals surface area contributed by atoms with Crippen LogP contribution in [0.1, 0.15) is 11.1 Å². The van der Waals surface area contributed by atoms with E-state index < -0.39 is 22.5 Å². The molecule has 32 heavy (non-hydrogen) atoms. The quantitative estimate of drug-likeness (QED) is 0.366. The molecule has 10 heteroatoms. The highest BCUT2D eigenvalue weighted by atomic mass is 35.5. The van der Waals surface area contributed by atoms with Gasteiger partial charge in [0.05, 0.1) is 17.7 Å². The van der Waals surface area contributed by atoms with Gasteiger partial charge in [-0.05, 0) is 47.5 Å². The number of phenols is 1. The van der Waals surface area contributed by atoms with Gasteiger partial charge >= 0.3 is 0 Å². The summed E-state index contributed by atoms with van der Waals surface area (Å²) in [6.45, 7) is -0.634. The maximum Gasteiger partial charge on any atom is 0.255 e. The van der Waals surface area contributed by atoms with Crippen molar-refractivity contribution >= 4 is 45.3 Å². The number of benzene rings is 3. The molecule has 0 saturated carbocycles. The normalized spacial score (nSPS) is 11.7. The first-order valence-electron chi connectivity index (χ1n) is 9.36. The maximum atomic E-state index is 13.2. The van der Waals surface area contributed by atoms with Crippen molar-refractivity contribution in [3.05, 3.63) is 94.0 Å². The lowest BCUT2D eigenvalue weighted by Crippen LogP contribution is -2.39. The SMILES string of the molecule is O=C(CN(Cc1ccc(Cl)cc1Cl)S(=O)(=O)c1ccccc1)N/N=C/c1cccc(O)c1. The van der Waals surface area contributed by atoms with Crippen LogP contribution in [0.25, 0.3) is 0 Å². The molecule has 3 aromatic carbocycles. The highest BCUT2D eigenvalue weighted by Crippen LogP contribution is 2.25. The number of rotatable bonds is 8. The smallest absolute Gasteiger partial charge is 0.255 e. The molecule has 0 heterocycles. The molecule has 3 aromatic rings. The van der Waals surface area contributed by atoms with E-state index in [0.29, 0.717) is 16.1 Å². The highest BCUT2D eigenvalue weighted by molar-refractivity contribution is 7.89. The number of hydrogen-bond donors (Lipinski definition) is 2. The zero-order chi connectivity index (χ0) is 23.1. The summed E-state index contributed by atoms with van der Waals surface area (Å²) in [6, 6.07) is 18.8. The Bertz CT molecular complexity index is 1230. The fourth-order valence-corrected chi connectivity index (χ4v) is 4.65. The van der Waals surface area contributed by atoms with Crippen LogP contribution in [0.15, 0.2) is 82.8 Å². The molecule has 1 amide bonds. The van der Waals surface area contributed by atoms with E-state index in [9.17, 15) is 18.3 Å². The van der Waals surface area contributed by atoms with E-state index in [0.717, 1.165) is 4.31 Å². The van der Waals surface area contributed by atoms with E-state index in [-0.39, 0.29) is 22.2 Å².